The topological polar surface area (TPSA) is 63.6 Å². The first-order chi connectivity index (χ1) is 7.50. The molecule has 1 rings (SSSR count). The van der Waals surface area contributed by atoms with Gasteiger partial charge in [0.05, 0.1) is 0 Å². The van der Waals surface area contributed by atoms with E-state index in [1.54, 1.807) is 6.07 Å². The Morgan fingerprint density at radius 1 is 1.25 bits per heavy atom. The fraction of sp³-hybridized carbons (Fsp3) is 0.333. The highest BCUT2D eigenvalue weighted by atomic mass is 16.5. The summed E-state index contributed by atoms with van der Waals surface area (Å²) in [5, 5.41) is 8.36. The highest BCUT2D eigenvalue weighted by Crippen LogP contribution is 2.11. The molecule has 0 aromatic heterocycles. The van der Waals surface area contributed by atoms with E-state index in [1.807, 2.05) is 26.0 Å². The largest absolute Gasteiger partial charge is 0.480 e. The molecule has 0 aliphatic rings. The van der Waals surface area contributed by atoms with E-state index in [-0.39, 0.29) is 12.4 Å². The number of aryl methyl sites for hydroxylation is 2. The molecule has 86 valence electrons. The normalized spacial score (nSPS) is 10.1. The number of hydrogen-bond acceptors (Lipinski definition) is 3. The highest BCUT2D eigenvalue weighted by molar-refractivity contribution is 5.98. The minimum absolute atomic E-state index is 0.192. The van der Waals surface area contributed by atoms with Crippen molar-refractivity contribution in [1.82, 2.24) is 0 Å². The zero-order chi connectivity index (χ0) is 12.1. The zero-order valence-corrected chi connectivity index (χ0v) is 9.32. The number of ether oxygens (including phenoxy) is 1. The Morgan fingerprint density at radius 2 is 1.94 bits per heavy atom. The summed E-state index contributed by atoms with van der Waals surface area (Å²) < 4.78 is 4.76. The van der Waals surface area contributed by atoms with Crippen molar-refractivity contribution in [2.45, 2.75) is 13.8 Å². The zero-order valence-electron chi connectivity index (χ0n) is 9.32. The van der Waals surface area contributed by atoms with Gasteiger partial charge in [-0.25, -0.2) is 4.79 Å². The number of benzene rings is 1. The van der Waals surface area contributed by atoms with Gasteiger partial charge in [0.1, 0.15) is 13.2 Å². The maximum atomic E-state index is 11.7. The number of carboxylic acids is 1. The van der Waals surface area contributed by atoms with Crippen LogP contribution in [-0.4, -0.2) is 30.1 Å². The predicted octanol–water partition coefficient (Wildman–Crippen LogP) is 1.59. The molecule has 1 N–H and O–H groups in total. The number of carbonyl (C=O) groups excluding carboxylic acids is 1. The molecule has 0 heterocycles. The first kappa shape index (κ1) is 12.4. The van der Waals surface area contributed by atoms with Gasteiger partial charge in [-0.1, -0.05) is 17.7 Å². The SMILES string of the molecule is Cc1ccc(C)c(C(=O)COCC(=O)O)c1. The van der Waals surface area contributed by atoms with Gasteiger partial charge in [-0.3, -0.25) is 4.79 Å². The van der Waals surface area contributed by atoms with Crippen LogP contribution in [0.5, 0.6) is 0 Å². The lowest BCUT2D eigenvalue weighted by Gasteiger charge is -2.06. The molecule has 1 aromatic rings. The van der Waals surface area contributed by atoms with Gasteiger partial charge in [0.2, 0.25) is 0 Å². The molecule has 1 aromatic carbocycles. The van der Waals surface area contributed by atoms with E-state index < -0.39 is 12.6 Å². The van der Waals surface area contributed by atoms with Crippen molar-refractivity contribution in [3.8, 4) is 0 Å². The molecule has 0 saturated carbocycles. The van der Waals surface area contributed by atoms with E-state index in [4.69, 9.17) is 9.84 Å². The molecule has 0 radical (unpaired) electrons. The van der Waals surface area contributed by atoms with Gasteiger partial charge in [0.15, 0.2) is 5.78 Å². The Bertz CT molecular complexity index is 409. The van der Waals surface area contributed by atoms with Gasteiger partial charge in [-0.05, 0) is 25.5 Å². The summed E-state index contributed by atoms with van der Waals surface area (Å²) >= 11 is 0. The lowest BCUT2D eigenvalue weighted by atomic mass is 10.0. The smallest absolute Gasteiger partial charge is 0.329 e. The molecule has 0 aliphatic carbocycles. The summed E-state index contributed by atoms with van der Waals surface area (Å²) in [5.74, 6) is -1.27. The summed E-state index contributed by atoms with van der Waals surface area (Å²) in [5.41, 5.74) is 2.45. The number of Topliss-reactive ketones (excluding diaryl/α,β-unsaturated/α-hetero) is 1. The fourth-order valence-corrected chi connectivity index (χ4v) is 1.35. The van der Waals surface area contributed by atoms with E-state index >= 15 is 0 Å². The van der Waals surface area contributed by atoms with E-state index in [9.17, 15) is 9.59 Å². The summed E-state index contributed by atoms with van der Waals surface area (Å²) in [6.07, 6.45) is 0. The Labute approximate surface area is 93.9 Å². The Morgan fingerprint density at radius 3 is 2.56 bits per heavy atom. The number of carbonyl (C=O) groups is 2. The van der Waals surface area contributed by atoms with E-state index in [1.165, 1.54) is 0 Å². The van der Waals surface area contributed by atoms with E-state index in [0.717, 1.165) is 11.1 Å². The average molecular weight is 222 g/mol. The van der Waals surface area contributed by atoms with Gasteiger partial charge in [0, 0.05) is 5.56 Å². The second-order valence-corrected chi connectivity index (χ2v) is 3.63. The molecule has 0 unspecified atom stereocenters. The average Bonchev–Trinajstić information content (AvgIpc) is 2.21. The van der Waals surface area contributed by atoms with Crippen LogP contribution in [0.15, 0.2) is 18.2 Å². The predicted molar refractivity (Wildman–Crippen MR) is 58.7 cm³/mol. The maximum Gasteiger partial charge on any atom is 0.329 e. The van der Waals surface area contributed by atoms with Crippen molar-refractivity contribution in [3.05, 3.63) is 34.9 Å². The molecule has 0 aliphatic heterocycles. The van der Waals surface area contributed by atoms with Gasteiger partial charge >= 0.3 is 5.97 Å². The van der Waals surface area contributed by atoms with Crippen LogP contribution in [0.25, 0.3) is 0 Å². The fourth-order valence-electron chi connectivity index (χ4n) is 1.35. The summed E-state index contributed by atoms with van der Waals surface area (Å²) in [7, 11) is 0. The monoisotopic (exact) mass is 222 g/mol. The molecule has 0 saturated heterocycles. The van der Waals surface area contributed by atoms with E-state index in [2.05, 4.69) is 0 Å². The third-order valence-corrected chi connectivity index (χ3v) is 2.15. The van der Waals surface area contributed by atoms with Crippen molar-refractivity contribution >= 4 is 11.8 Å². The Balaban J connectivity index is 2.65. The van der Waals surface area contributed by atoms with Crippen LogP contribution < -0.4 is 0 Å². The second-order valence-electron chi connectivity index (χ2n) is 3.63. The number of hydrogen-bond donors (Lipinski definition) is 1. The first-order valence-corrected chi connectivity index (χ1v) is 4.90. The van der Waals surface area contributed by atoms with Crippen molar-refractivity contribution < 1.29 is 19.4 Å². The van der Waals surface area contributed by atoms with Crippen molar-refractivity contribution in [1.29, 1.82) is 0 Å². The molecule has 0 amide bonds. The van der Waals surface area contributed by atoms with Crippen LogP contribution in [0.3, 0.4) is 0 Å². The van der Waals surface area contributed by atoms with Crippen molar-refractivity contribution in [2.24, 2.45) is 0 Å². The molecule has 0 fully saturated rings. The van der Waals surface area contributed by atoms with Crippen LogP contribution in [0.2, 0.25) is 0 Å². The Kier molecular flexibility index (Phi) is 4.19. The second kappa shape index (κ2) is 5.42. The number of carboxylic acid groups (broad SMARTS) is 1. The quantitative estimate of drug-likeness (QED) is 0.768. The van der Waals surface area contributed by atoms with Crippen molar-refractivity contribution in [3.63, 3.8) is 0 Å². The first-order valence-electron chi connectivity index (χ1n) is 4.90. The van der Waals surface area contributed by atoms with E-state index in [0.29, 0.717) is 5.56 Å². The lowest BCUT2D eigenvalue weighted by Crippen LogP contribution is -2.15. The minimum Gasteiger partial charge on any atom is -0.480 e. The lowest BCUT2D eigenvalue weighted by molar-refractivity contribution is -0.141. The van der Waals surface area contributed by atoms with Crippen molar-refractivity contribution in [2.75, 3.05) is 13.2 Å². The number of aliphatic carboxylic acids is 1. The van der Waals surface area contributed by atoms with Crippen LogP contribution in [0, 0.1) is 13.8 Å². The Hall–Kier alpha value is -1.68. The molecule has 0 spiro atoms. The highest BCUT2D eigenvalue weighted by Gasteiger charge is 2.10. The summed E-state index contributed by atoms with van der Waals surface area (Å²) in [6.45, 7) is 3.09. The third kappa shape index (κ3) is 3.47. The van der Waals surface area contributed by atoms with Gasteiger partial charge in [0.25, 0.3) is 0 Å². The van der Waals surface area contributed by atoms with Gasteiger partial charge in [-0.15, -0.1) is 0 Å². The van der Waals surface area contributed by atoms with Gasteiger partial charge < -0.3 is 9.84 Å². The summed E-state index contributed by atoms with van der Waals surface area (Å²) in [6, 6.07) is 5.56. The molecule has 0 bridgehead atoms. The standard InChI is InChI=1S/C12H14O4/c1-8-3-4-9(2)10(5-8)11(13)6-16-7-12(14)15/h3-5H,6-7H2,1-2H3,(H,14,15). The number of rotatable bonds is 5. The molecular weight excluding hydrogens is 208 g/mol. The van der Waals surface area contributed by atoms with Crippen LogP contribution in [0.1, 0.15) is 21.5 Å². The van der Waals surface area contributed by atoms with Gasteiger partial charge in [-0.2, -0.15) is 0 Å². The maximum absolute atomic E-state index is 11.7. The third-order valence-electron chi connectivity index (χ3n) is 2.15. The minimum atomic E-state index is -1.08. The summed E-state index contributed by atoms with van der Waals surface area (Å²) in [4.78, 5) is 21.9. The van der Waals surface area contributed by atoms with Crippen LogP contribution >= 0.6 is 0 Å². The molecule has 0 atom stereocenters. The van der Waals surface area contributed by atoms with Crippen LogP contribution in [0.4, 0.5) is 0 Å². The van der Waals surface area contributed by atoms with Crippen LogP contribution in [-0.2, 0) is 9.53 Å². The number of ketones is 1. The molecule has 4 heteroatoms. The molecule has 4 nitrogen and oxygen atoms in total. The molecular formula is C12H14O4. The molecule has 16 heavy (non-hydrogen) atoms.